The molecule has 0 rings (SSSR count). The van der Waals surface area contributed by atoms with E-state index in [4.69, 9.17) is 15.1 Å². The quantitative estimate of drug-likeness (QED) is 0.297. The Morgan fingerprint density at radius 1 is 1.29 bits per heavy atom. The molecular formula is H4BF2KO3. The molecule has 7 heteroatoms. The van der Waals surface area contributed by atoms with Gasteiger partial charge >= 0.3 is 58.7 Å². The summed E-state index contributed by atoms with van der Waals surface area (Å²) in [6.45, 7) is 0. The molecule has 3 nitrogen and oxygen atoms in total. The van der Waals surface area contributed by atoms with Gasteiger partial charge in [-0.15, -0.1) is 0 Å². The maximum Gasteiger partial charge on any atom is 1.00 e. The fourth-order valence-corrected chi connectivity index (χ4v) is 0. The van der Waals surface area contributed by atoms with Crippen molar-refractivity contribution in [3.05, 3.63) is 0 Å². The normalized spacial score (nSPS) is 5.29. The van der Waals surface area contributed by atoms with Crippen LogP contribution in [0.25, 0.3) is 0 Å². The smallest absolute Gasteiger partial charge is 0.590 e. The molecule has 0 bridgehead atoms. The van der Waals surface area contributed by atoms with Crippen LogP contribution >= 0.6 is 0 Å². The van der Waals surface area contributed by atoms with Crippen LogP contribution in [0.3, 0.4) is 0 Å². The van der Waals surface area contributed by atoms with Crippen molar-refractivity contribution in [2.75, 3.05) is 0 Å². The summed E-state index contributed by atoms with van der Waals surface area (Å²) in [4.78, 5) is 0. The fraction of sp³-hybridized carbons (Fsp3) is 0. The summed E-state index contributed by atoms with van der Waals surface area (Å²) in [6, 6.07) is 0. The van der Waals surface area contributed by atoms with Gasteiger partial charge in [-0.2, -0.15) is 0 Å². The molecule has 40 valence electrons. The second-order valence-corrected chi connectivity index (χ2v) is 0.346. The van der Waals surface area contributed by atoms with E-state index < -0.39 is 7.32 Å². The van der Waals surface area contributed by atoms with Gasteiger partial charge in [0.2, 0.25) is 0 Å². The van der Waals surface area contributed by atoms with Crippen LogP contribution in [0.4, 0.5) is 9.44 Å². The third kappa shape index (κ3) is 106. The minimum atomic E-state index is -2.17. The Balaban J connectivity index is -0.0000000575. The van der Waals surface area contributed by atoms with Crippen molar-refractivity contribution in [1.29, 1.82) is 1.48 Å². The first-order valence-corrected chi connectivity index (χ1v) is 0.775. The maximum atomic E-state index is 9.38. The van der Waals surface area contributed by atoms with Gasteiger partial charge < -0.3 is 24.5 Å². The average Bonchev–Trinajstić information content (AvgIpc) is 1.33. The Hall–Kier alpha value is 1.44. The monoisotopic (exact) mass is 140 g/mol. The van der Waals surface area contributed by atoms with Gasteiger partial charge in [-0.25, -0.2) is 0 Å². The average molecular weight is 140 g/mol. The molecule has 0 aliphatic rings. The molecule has 0 aliphatic carbocycles. The van der Waals surface area contributed by atoms with E-state index in [9.17, 15) is 9.44 Å². The van der Waals surface area contributed by atoms with E-state index in [2.05, 4.69) is 0 Å². The molecule has 3 N–H and O–H groups in total. The van der Waals surface area contributed by atoms with E-state index in [1.165, 1.54) is 0 Å². The Morgan fingerprint density at radius 2 is 1.29 bits per heavy atom. The molecule has 7 heavy (non-hydrogen) atoms. The Kier molecular flexibility index (Phi) is 25.2. The third-order valence-electron chi connectivity index (χ3n) is 0. The fourth-order valence-electron chi connectivity index (χ4n) is 0. The summed E-state index contributed by atoms with van der Waals surface area (Å²) in [5.41, 5.74) is 0. The van der Waals surface area contributed by atoms with Crippen LogP contribution in [-0.2, 0) is 0 Å². The second kappa shape index (κ2) is 15.7. The van der Waals surface area contributed by atoms with Gasteiger partial charge in [0.05, 0.1) is 0 Å². The Labute approximate surface area is 83.6 Å². The summed E-state index contributed by atoms with van der Waals surface area (Å²) < 4.78 is 18.5. The standard InChI is InChI=1S/BH3O3.F2H.K/c2-1(3)4;1-3-2;/h2-4H;;/q;-1;+1. The van der Waals surface area contributed by atoms with Gasteiger partial charge in [-0.05, 0) is 0 Å². The molecule has 0 aromatic carbocycles. The van der Waals surface area contributed by atoms with Crippen molar-refractivity contribution in [2.24, 2.45) is 0 Å². The maximum absolute atomic E-state index is 9.38. The Morgan fingerprint density at radius 3 is 1.29 bits per heavy atom. The summed E-state index contributed by atoms with van der Waals surface area (Å²) >= 11 is 0. The zero-order valence-electron chi connectivity index (χ0n) is 4.67. The van der Waals surface area contributed by atoms with Crippen molar-refractivity contribution in [3.63, 3.8) is 0 Å². The van der Waals surface area contributed by atoms with Gasteiger partial charge in [0, 0.05) is 0 Å². The van der Waals surface area contributed by atoms with Crippen LogP contribution in [0.5, 0.6) is 0 Å². The predicted octanol–water partition coefficient (Wildman–Crippen LogP) is -4.48. The zero-order chi connectivity index (χ0) is 6.28. The van der Waals surface area contributed by atoms with Crippen LogP contribution in [0.15, 0.2) is 0 Å². The second-order valence-electron chi connectivity index (χ2n) is 0.346. The first-order chi connectivity index (χ1) is 3.15. The van der Waals surface area contributed by atoms with Gasteiger partial charge in [0.15, 0.2) is 1.48 Å². The topological polar surface area (TPSA) is 60.7 Å². The summed E-state index contributed by atoms with van der Waals surface area (Å²) in [5, 5.41) is 21.5. The van der Waals surface area contributed by atoms with E-state index >= 15 is 0 Å². The minimum absolute atomic E-state index is 0. The molecule has 0 saturated heterocycles. The number of hydrogen-bond acceptors (Lipinski definition) is 3. The largest absolute Gasteiger partial charge is 1.00 e. The van der Waals surface area contributed by atoms with Gasteiger partial charge in [-0.3, -0.25) is 0 Å². The van der Waals surface area contributed by atoms with Gasteiger partial charge in [0.25, 0.3) is 0 Å². The summed E-state index contributed by atoms with van der Waals surface area (Å²) in [6.07, 6.45) is 0. The summed E-state index contributed by atoms with van der Waals surface area (Å²) in [7, 11) is -2.17. The molecule has 0 saturated carbocycles. The first-order valence-electron chi connectivity index (χ1n) is 1.53. The van der Waals surface area contributed by atoms with Crippen molar-refractivity contribution < 1.29 is 75.9 Å². The number of rotatable bonds is 0. The summed E-state index contributed by atoms with van der Waals surface area (Å²) in [5.74, 6) is 0. The SMILES string of the molecule is F[H-]F.OB(O)O.[K+]. The van der Waals surface area contributed by atoms with Crippen molar-refractivity contribution >= 4 is 7.32 Å². The van der Waals surface area contributed by atoms with Crippen molar-refractivity contribution in [3.8, 4) is 0 Å². The molecule has 0 heterocycles. The first kappa shape index (κ1) is 11.3. The molecular weight excluding hydrogens is 136 g/mol. The number of halogens is 2. The van der Waals surface area contributed by atoms with Crippen LogP contribution in [-0.4, -0.2) is 23.9 Å². The zero-order valence-corrected chi connectivity index (χ0v) is 6.80. The molecule has 0 aromatic rings. The molecule has 0 aliphatic heterocycles. The molecule has 0 radical (unpaired) electrons. The van der Waals surface area contributed by atoms with E-state index in [1.807, 2.05) is 0 Å². The van der Waals surface area contributed by atoms with Crippen molar-refractivity contribution in [2.45, 2.75) is 0 Å². The van der Waals surface area contributed by atoms with Crippen LogP contribution in [0.2, 0.25) is 0 Å². The van der Waals surface area contributed by atoms with Gasteiger partial charge in [0.1, 0.15) is 0 Å². The molecule has 0 aromatic heterocycles. The van der Waals surface area contributed by atoms with E-state index in [-0.39, 0.29) is 52.9 Å². The van der Waals surface area contributed by atoms with E-state index in [0.717, 1.165) is 0 Å². The Bertz CT molecular complexity index is 28.5. The molecule has 0 spiro atoms. The van der Waals surface area contributed by atoms with E-state index in [0.29, 0.717) is 0 Å². The molecule has 0 unspecified atom stereocenters. The predicted molar refractivity (Wildman–Crippen MR) is 16.0 cm³/mol. The molecule has 0 atom stereocenters. The van der Waals surface area contributed by atoms with E-state index in [1.54, 1.807) is 0 Å². The van der Waals surface area contributed by atoms with Crippen molar-refractivity contribution in [1.82, 2.24) is 0 Å². The van der Waals surface area contributed by atoms with Crippen LogP contribution in [0, 0.1) is 0 Å². The number of hydrogen-bond donors (Lipinski definition) is 3. The van der Waals surface area contributed by atoms with Gasteiger partial charge in [-0.1, -0.05) is 0 Å². The van der Waals surface area contributed by atoms with Crippen LogP contribution in [0.1, 0.15) is 0 Å². The molecule has 0 fully saturated rings. The molecule has 0 amide bonds. The van der Waals surface area contributed by atoms with Crippen LogP contribution < -0.4 is 51.4 Å². The minimum Gasteiger partial charge on any atom is -0.590 e. The third-order valence-corrected chi connectivity index (χ3v) is 0.